The van der Waals surface area contributed by atoms with E-state index in [0.29, 0.717) is 12.9 Å². The van der Waals surface area contributed by atoms with Gasteiger partial charge in [-0.25, -0.2) is 5.01 Å². The number of hydrogen-bond acceptors (Lipinski definition) is 5. The Labute approximate surface area is 84.3 Å². The third-order valence-electron chi connectivity index (χ3n) is 2.52. The first-order chi connectivity index (χ1) is 6.95. The van der Waals surface area contributed by atoms with Gasteiger partial charge >= 0.3 is 0 Å². The van der Waals surface area contributed by atoms with Crippen LogP contribution >= 0.6 is 0 Å². The summed E-state index contributed by atoms with van der Waals surface area (Å²) >= 11 is 0. The van der Waals surface area contributed by atoms with Crippen LogP contribution in [-0.4, -0.2) is 57.4 Å². The Morgan fingerprint density at radius 1 is 1.14 bits per heavy atom. The standard InChI is InChI=1S/C9H18N2O3/c1-4-13-8-14-9(1)7-10-11-2-5-12-6-3-11/h9-10H,1-8H2. The van der Waals surface area contributed by atoms with E-state index in [4.69, 9.17) is 14.2 Å². The van der Waals surface area contributed by atoms with Gasteiger partial charge in [0.2, 0.25) is 0 Å². The van der Waals surface area contributed by atoms with E-state index in [1.54, 1.807) is 0 Å². The zero-order chi connectivity index (χ0) is 9.64. The monoisotopic (exact) mass is 202 g/mol. The number of nitrogens with zero attached hydrogens (tertiary/aromatic N) is 1. The van der Waals surface area contributed by atoms with E-state index in [9.17, 15) is 0 Å². The van der Waals surface area contributed by atoms with Gasteiger partial charge in [0.25, 0.3) is 0 Å². The molecule has 14 heavy (non-hydrogen) atoms. The van der Waals surface area contributed by atoms with Gasteiger partial charge in [-0.05, 0) is 6.42 Å². The highest BCUT2D eigenvalue weighted by molar-refractivity contribution is 4.64. The molecule has 0 saturated carbocycles. The first kappa shape index (κ1) is 10.3. The second-order valence-electron chi connectivity index (χ2n) is 3.57. The Kier molecular flexibility index (Phi) is 4.15. The maximum absolute atomic E-state index is 5.43. The van der Waals surface area contributed by atoms with Crippen LogP contribution < -0.4 is 5.43 Å². The van der Waals surface area contributed by atoms with Crippen LogP contribution in [0.3, 0.4) is 0 Å². The summed E-state index contributed by atoms with van der Waals surface area (Å²) in [7, 11) is 0. The highest BCUT2D eigenvalue weighted by Crippen LogP contribution is 2.05. The predicted octanol–water partition coefficient (Wildman–Crippen LogP) is -0.414. The number of morpholine rings is 1. The fourth-order valence-electron chi connectivity index (χ4n) is 1.61. The lowest BCUT2D eigenvalue weighted by atomic mass is 10.2. The Balaban J connectivity index is 1.60. The molecule has 0 aromatic carbocycles. The van der Waals surface area contributed by atoms with Crippen LogP contribution in [0.15, 0.2) is 0 Å². The molecule has 2 rings (SSSR count). The van der Waals surface area contributed by atoms with E-state index in [1.165, 1.54) is 0 Å². The maximum atomic E-state index is 5.43. The average Bonchev–Trinajstić information content (AvgIpc) is 2.29. The highest BCUT2D eigenvalue weighted by Gasteiger charge is 2.16. The number of rotatable bonds is 3. The van der Waals surface area contributed by atoms with Gasteiger partial charge < -0.3 is 14.2 Å². The summed E-state index contributed by atoms with van der Waals surface area (Å²) in [5.74, 6) is 0. The summed E-state index contributed by atoms with van der Waals surface area (Å²) in [4.78, 5) is 0. The van der Waals surface area contributed by atoms with Crippen LogP contribution in [0.1, 0.15) is 6.42 Å². The van der Waals surface area contributed by atoms with Crippen molar-refractivity contribution in [1.29, 1.82) is 0 Å². The summed E-state index contributed by atoms with van der Waals surface area (Å²) in [5, 5.41) is 2.20. The van der Waals surface area contributed by atoms with Gasteiger partial charge in [0.15, 0.2) is 0 Å². The van der Waals surface area contributed by atoms with Crippen molar-refractivity contribution in [1.82, 2.24) is 10.4 Å². The molecule has 2 heterocycles. The molecule has 1 N–H and O–H groups in total. The molecule has 0 aromatic rings. The number of nitrogens with one attached hydrogen (secondary N) is 1. The number of hydrogen-bond donors (Lipinski definition) is 1. The third kappa shape index (κ3) is 3.18. The highest BCUT2D eigenvalue weighted by atomic mass is 16.7. The minimum absolute atomic E-state index is 0.298. The summed E-state index contributed by atoms with van der Waals surface area (Å²) < 4.78 is 15.8. The summed E-state index contributed by atoms with van der Waals surface area (Å²) in [6.45, 7) is 5.70. The molecular weight excluding hydrogens is 184 g/mol. The maximum Gasteiger partial charge on any atom is 0.147 e. The van der Waals surface area contributed by atoms with Gasteiger partial charge in [0, 0.05) is 19.6 Å². The van der Waals surface area contributed by atoms with Crippen LogP contribution in [0.5, 0.6) is 0 Å². The Morgan fingerprint density at radius 2 is 2.00 bits per heavy atom. The normalized spacial score (nSPS) is 30.4. The molecule has 0 amide bonds. The number of hydrazine groups is 1. The van der Waals surface area contributed by atoms with E-state index in [0.717, 1.165) is 45.9 Å². The minimum Gasteiger partial charge on any atom is -0.379 e. The lowest BCUT2D eigenvalue weighted by Gasteiger charge is -2.30. The topological polar surface area (TPSA) is 43.0 Å². The molecule has 1 atom stereocenters. The second-order valence-corrected chi connectivity index (χ2v) is 3.57. The zero-order valence-electron chi connectivity index (χ0n) is 8.41. The van der Waals surface area contributed by atoms with Crippen molar-refractivity contribution < 1.29 is 14.2 Å². The lowest BCUT2D eigenvalue weighted by Crippen LogP contribution is -2.49. The van der Waals surface area contributed by atoms with Crippen molar-refractivity contribution in [3.63, 3.8) is 0 Å². The quantitative estimate of drug-likeness (QED) is 0.673. The smallest absolute Gasteiger partial charge is 0.147 e. The molecule has 2 aliphatic heterocycles. The molecule has 0 aliphatic carbocycles. The average molecular weight is 202 g/mol. The van der Waals surface area contributed by atoms with Gasteiger partial charge in [0.05, 0.1) is 25.9 Å². The van der Waals surface area contributed by atoms with Crippen molar-refractivity contribution in [2.75, 3.05) is 46.2 Å². The van der Waals surface area contributed by atoms with Gasteiger partial charge in [-0.1, -0.05) is 0 Å². The van der Waals surface area contributed by atoms with Crippen LogP contribution in [-0.2, 0) is 14.2 Å². The molecule has 0 aromatic heterocycles. The van der Waals surface area contributed by atoms with Crippen molar-refractivity contribution in [2.24, 2.45) is 0 Å². The summed E-state index contributed by atoms with van der Waals surface area (Å²) in [6.07, 6.45) is 1.28. The molecule has 2 fully saturated rings. The Bertz CT molecular complexity index is 138. The second kappa shape index (κ2) is 5.63. The van der Waals surface area contributed by atoms with Crippen LogP contribution in [0.4, 0.5) is 0 Å². The summed E-state index contributed by atoms with van der Waals surface area (Å²) in [5.41, 5.74) is 3.36. The van der Waals surface area contributed by atoms with E-state index >= 15 is 0 Å². The van der Waals surface area contributed by atoms with Gasteiger partial charge in [-0.2, -0.15) is 0 Å². The molecule has 1 unspecified atom stereocenters. The van der Waals surface area contributed by atoms with Gasteiger partial charge in [-0.15, -0.1) is 0 Å². The minimum atomic E-state index is 0.298. The van der Waals surface area contributed by atoms with E-state index in [-0.39, 0.29) is 0 Å². The first-order valence-electron chi connectivity index (χ1n) is 5.21. The fourth-order valence-corrected chi connectivity index (χ4v) is 1.61. The van der Waals surface area contributed by atoms with Gasteiger partial charge in [-0.3, -0.25) is 5.43 Å². The molecule has 5 nitrogen and oxygen atoms in total. The largest absolute Gasteiger partial charge is 0.379 e. The van der Waals surface area contributed by atoms with E-state index in [1.807, 2.05) is 0 Å². The SMILES string of the molecule is C1CN(NCC2CCOCO2)CCO1. The molecule has 0 bridgehead atoms. The Hall–Kier alpha value is -0.200. The molecule has 2 aliphatic rings. The zero-order valence-corrected chi connectivity index (χ0v) is 8.41. The van der Waals surface area contributed by atoms with E-state index < -0.39 is 0 Å². The predicted molar refractivity (Wildman–Crippen MR) is 50.7 cm³/mol. The molecule has 2 saturated heterocycles. The number of ether oxygens (including phenoxy) is 3. The summed E-state index contributed by atoms with van der Waals surface area (Å²) in [6, 6.07) is 0. The third-order valence-corrected chi connectivity index (χ3v) is 2.52. The molecule has 5 heteroatoms. The van der Waals surface area contributed by atoms with E-state index in [2.05, 4.69) is 10.4 Å². The van der Waals surface area contributed by atoms with Crippen LogP contribution in [0, 0.1) is 0 Å². The molecule has 0 spiro atoms. The van der Waals surface area contributed by atoms with Gasteiger partial charge in [0.1, 0.15) is 6.79 Å². The van der Waals surface area contributed by atoms with Crippen molar-refractivity contribution in [3.05, 3.63) is 0 Å². The molecule has 0 radical (unpaired) electrons. The van der Waals surface area contributed by atoms with Crippen LogP contribution in [0.2, 0.25) is 0 Å². The lowest BCUT2D eigenvalue weighted by molar-refractivity contribution is -0.141. The Morgan fingerprint density at radius 3 is 2.71 bits per heavy atom. The molecule has 82 valence electrons. The fraction of sp³-hybridized carbons (Fsp3) is 1.00. The first-order valence-corrected chi connectivity index (χ1v) is 5.21. The van der Waals surface area contributed by atoms with Crippen molar-refractivity contribution >= 4 is 0 Å². The molecular formula is C9H18N2O3. The van der Waals surface area contributed by atoms with Crippen LogP contribution in [0.25, 0.3) is 0 Å². The van der Waals surface area contributed by atoms with Crippen molar-refractivity contribution in [2.45, 2.75) is 12.5 Å². The van der Waals surface area contributed by atoms with Crippen molar-refractivity contribution in [3.8, 4) is 0 Å².